The van der Waals surface area contributed by atoms with Gasteiger partial charge in [0.1, 0.15) is 18.3 Å². The molecule has 1 aromatic heterocycles. The molecule has 0 amide bonds. The van der Waals surface area contributed by atoms with Crippen LogP contribution in [0.3, 0.4) is 0 Å². The zero-order chi connectivity index (χ0) is 22.2. The molecular formula is C25H23N3O3S. The van der Waals surface area contributed by atoms with E-state index in [1.54, 1.807) is 11.8 Å². The number of aliphatic carboxylic acids is 1. The van der Waals surface area contributed by atoms with E-state index in [0.29, 0.717) is 12.3 Å². The molecule has 1 atom stereocenters. The van der Waals surface area contributed by atoms with Gasteiger partial charge < -0.3 is 15.2 Å². The molecule has 0 saturated heterocycles. The Morgan fingerprint density at radius 2 is 2.06 bits per heavy atom. The summed E-state index contributed by atoms with van der Waals surface area (Å²) < 4.78 is 7.81. The van der Waals surface area contributed by atoms with Crippen LogP contribution in [-0.4, -0.2) is 33.5 Å². The Morgan fingerprint density at radius 1 is 1.22 bits per heavy atom. The second-order valence-electron chi connectivity index (χ2n) is 7.79. The molecule has 2 heterocycles. The van der Waals surface area contributed by atoms with Crippen LogP contribution in [0.2, 0.25) is 0 Å². The molecule has 1 unspecified atom stereocenters. The number of nitrogens with one attached hydrogen (secondary N) is 1. The molecule has 6 nitrogen and oxygen atoms in total. The van der Waals surface area contributed by atoms with Crippen molar-refractivity contribution < 1.29 is 14.6 Å². The number of aromatic nitrogens is 2. The van der Waals surface area contributed by atoms with E-state index in [1.807, 2.05) is 42.7 Å². The van der Waals surface area contributed by atoms with E-state index >= 15 is 0 Å². The minimum Gasteiger partial charge on any atom is -0.492 e. The summed E-state index contributed by atoms with van der Waals surface area (Å²) in [6.45, 7) is 2.96. The molecule has 32 heavy (non-hydrogen) atoms. The van der Waals surface area contributed by atoms with Crippen LogP contribution in [0.15, 0.2) is 65.8 Å². The first-order valence-corrected chi connectivity index (χ1v) is 11.6. The highest BCUT2D eigenvalue weighted by molar-refractivity contribution is 7.98. The summed E-state index contributed by atoms with van der Waals surface area (Å²) in [5.41, 5.74) is 7.18. The number of imidazole rings is 1. The van der Waals surface area contributed by atoms with Gasteiger partial charge in [-0.25, -0.2) is 4.98 Å². The van der Waals surface area contributed by atoms with Crippen molar-refractivity contribution in [1.82, 2.24) is 9.55 Å². The molecule has 5 rings (SSSR count). The first-order valence-electron chi connectivity index (χ1n) is 10.4. The van der Waals surface area contributed by atoms with E-state index in [4.69, 9.17) is 9.72 Å². The van der Waals surface area contributed by atoms with Crippen LogP contribution >= 0.6 is 11.8 Å². The van der Waals surface area contributed by atoms with Crippen LogP contribution < -0.4 is 10.1 Å². The fourth-order valence-corrected chi connectivity index (χ4v) is 4.77. The lowest BCUT2D eigenvalue weighted by molar-refractivity contribution is -0.138. The fourth-order valence-electron chi connectivity index (χ4n) is 4.20. The third kappa shape index (κ3) is 3.48. The number of para-hydroxylation sites is 2. The lowest BCUT2D eigenvalue weighted by Gasteiger charge is -2.16. The SMILES string of the molecule is CSc1nc2ccccc2n1-c1cccc(CNc2ccc3c(c2)OCC3C(=O)O)c1C. The first-order chi connectivity index (χ1) is 15.6. The van der Waals surface area contributed by atoms with E-state index < -0.39 is 11.9 Å². The molecule has 4 aromatic rings. The summed E-state index contributed by atoms with van der Waals surface area (Å²) in [5.74, 6) is -0.801. The highest BCUT2D eigenvalue weighted by atomic mass is 32.2. The molecule has 1 aliphatic rings. The maximum atomic E-state index is 11.4. The Balaban J connectivity index is 1.43. The zero-order valence-electron chi connectivity index (χ0n) is 17.8. The number of benzene rings is 3. The molecule has 0 fully saturated rings. The van der Waals surface area contributed by atoms with E-state index in [-0.39, 0.29) is 6.61 Å². The second-order valence-corrected chi connectivity index (χ2v) is 8.57. The van der Waals surface area contributed by atoms with Gasteiger partial charge in [-0.3, -0.25) is 9.36 Å². The maximum Gasteiger partial charge on any atom is 0.314 e. The number of carboxylic acids is 1. The third-order valence-electron chi connectivity index (χ3n) is 5.95. The molecule has 0 spiro atoms. The van der Waals surface area contributed by atoms with Gasteiger partial charge in [0, 0.05) is 23.9 Å². The predicted molar refractivity (Wildman–Crippen MR) is 127 cm³/mol. The molecule has 3 aromatic carbocycles. The van der Waals surface area contributed by atoms with Crippen LogP contribution in [0, 0.1) is 6.92 Å². The average molecular weight is 446 g/mol. The van der Waals surface area contributed by atoms with E-state index in [0.717, 1.165) is 33.1 Å². The van der Waals surface area contributed by atoms with Crippen molar-refractivity contribution in [3.63, 3.8) is 0 Å². The fraction of sp³-hybridized carbons (Fsp3) is 0.200. The predicted octanol–water partition coefficient (Wildman–Crippen LogP) is 5.23. The quantitative estimate of drug-likeness (QED) is 0.396. The smallest absolute Gasteiger partial charge is 0.314 e. The number of hydrogen-bond acceptors (Lipinski definition) is 5. The highest BCUT2D eigenvalue weighted by Gasteiger charge is 2.30. The van der Waals surface area contributed by atoms with Crippen molar-refractivity contribution in [3.8, 4) is 11.4 Å². The molecule has 0 saturated carbocycles. The minimum atomic E-state index is -0.853. The molecule has 2 N–H and O–H groups in total. The van der Waals surface area contributed by atoms with Crippen LogP contribution in [0.25, 0.3) is 16.7 Å². The van der Waals surface area contributed by atoms with Crippen molar-refractivity contribution in [2.75, 3.05) is 18.2 Å². The Labute approximate surface area is 190 Å². The van der Waals surface area contributed by atoms with E-state index in [2.05, 4.69) is 41.1 Å². The Hall–Kier alpha value is -3.45. The number of carbonyl (C=O) groups is 1. The number of anilines is 1. The van der Waals surface area contributed by atoms with Gasteiger partial charge in [-0.15, -0.1) is 0 Å². The van der Waals surface area contributed by atoms with Crippen LogP contribution in [0.4, 0.5) is 5.69 Å². The van der Waals surface area contributed by atoms with Crippen LogP contribution in [0.1, 0.15) is 22.6 Å². The highest BCUT2D eigenvalue weighted by Crippen LogP contribution is 2.36. The van der Waals surface area contributed by atoms with Gasteiger partial charge in [0.05, 0.1) is 16.7 Å². The molecule has 0 aliphatic carbocycles. The van der Waals surface area contributed by atoms with E-state index in [9.17, 15) is 9.90 Å². The van der Waals surface area contributed by atoms with Gasteiger partial charge >= 0.3 is 5.97 Å². The Bertz CT molecular complexity index is 1330. The molecule has 0 radical (unpaired) electrons. The summed E-state index contributed by atoms with van der Waals surface area (Å²) in [6.07, 6.45) is 2.04. The summed E-state index contributed by atoms with van der Waals surface area (Å²) in [4.78, 5) is 16.1. The van der Waals surface area contributed by atoms with Gasteiger partial charge in [-0.1, -0.05) is 42.1 Å². The van der Waals surface area contributed by atoms with Crippen molar-refractivity contribution in [2.24, 2.45) is 0 Å². The summed E-state index contributed by atoms with van der Waals surface area (Å²) >= 11 is 1.63. The number of thioether (sulfide) groups is 1. The van der Waals surface area contributed by atoms with Gasteiger partial charge in [0.15, 0.2) is 5.16 Å². The van der Waals surface area contributed by atoms with Crippen molar-refractivity contribution in [1.29, 1.82) is 0 Å². The maximum absolute atomic E-state index is 11.4. The number of carboxylic acid groups (broad SMARTS) is 1. The molecular weight excluding hydrogens is 422 g/mol. The summed E-state index contributed by atoms with van der Waals surface area (Å²) in [6, 6.07) is 20.1. The molecule has 162 valence electrons. The van der Waals surface area contributed by atoms with Gasteiger partial charge in [0.25, 0.3) is 0 Å². The third-order valence-corrected chi connectivity index (χ3v) is 6.59. The van der Waals surface area contributed by atoms with E-state index in [1.165, 1.54) is 11.1 Å². The monoisotopic (exact) mass is 445 g/mol. The number of rotatable bonds is 6. The largest absolute Gasteiger partial charge is 0.492 e. The molecule has 0 bridgehead atoms. The van der Waals surface area contributed by atoms with Crippen LogP contribution in [-0.2, 0) is 11.3 Å². The summed E-state index contributed by atoms with van der Waals surface area (Å²) in [5, 5.41) is 13.7. The number of hydrogen-bond donors (Lipinski definition) is 2. The van der Waals surface area contributed by atoms with Gasteiger partial charge in [-0.2, -0.15) is 0 Å². The Kier molecular flexibility index (Phi) is 5.27. The minimum absolute atomic E-state index is 0.186. The molecule has 1 aliphatic heterocycles. The number of fused-ring (bicyclic) bond motifs is 2. The van der Waals surface area contributed by atoms with Crippen molar-refractivity contribution in [3.05, 3.63) is 77.4 Å². The van der Waals surface area contributed by atoms with Gasteiger partial charge in [-0.05, 0) is 48.6 Å². The lowest BCUT2D eigenvalue weighted by Crippen LogP contribution is -2.12. The number of nitrogens with zero attached hydrogens (tertiary/aromatic N) is 2. The average Bonchev–Trinajstić information content (AvgIpc) is 3.39. The second kappa shape index (κ2) is 8.24. The topological polar surface area (TPSA) is 76.4 Å². The summed E-state index contributed by atoms with van der Waals surface area (Å²) in [7, 11) is 0. The zero-order valence-corrected chi connectivity index (χ0v) is 18.6. The van der Waals surface area contributed by atoms with Crippen molar-refractivity contribution in [2.45, 2.75) is 24.5 Å². The standard InChI is InChI=1S/C25H23N3O3S/c1-15-16(13-26-17-10-11-18-19(24(29)30)14-31-23(18)12-17)6-5-9-21(15)28-22-8-4-3-7-20(22)27-25(28)32-2/h3-12,19,26H,13-14H2,1-2H3,(H,29,30). The Morgan fingerprint density at radius 3 is 2.88 bits per heavy atom. The molecule has 7 heteroatoms. The van der Waals surface area contributed by atoms with Crippen molar-refractivity contribution >= 4 is 34.5 Å². The van der Waals surface area contributed by atoms with Gasteiger partial charge in [0.2, 0.25) is 0 Å². The van der Waals surface area contributed by atoms with Crippen LogP contribution in [0.5, 0.6) is 5.75 Å². The normalized spacial score (nSPS) is 14.9. The number of ether oxygens (including phenoxy) is 1. The first kappa shape index (κ1) is 20.5. The lowest BCUT2D eigenvalue weighted by atomic mass is 10.0.